The normalized spacial score (nSPS) is 18.8. The highest BCUT2D eigenvalue weighted by Gasteiger charge is 2.27. The molecule has 2 N–H and O–H groups in total. The number of nitrogens with zero attached hydrogens (tertiary/aromatic N) is 2. The molecular weight excluding hydrogens is 313 g/mol. The number of amides is 1. The number of halogens is 2. The Morgan fingerprint density at radius 3 is 2.57 bits per heavy atom. The third-order valence-corrected chi connectivity index (χ3v) is 3.75. The summed E-state index contributed by atoms with van der Waals surface area (Å²) in [5, 5.41) is 0. The van der Waals surface area contributed by atoms with Crippen LogP contribution in [0.2, 0.25) is 0 Å². The smallest absolute Gasteiger partial charge is 0.222 e. The lowest BCUT2D eigenvalue weighted by atomic mass is 10.1. The summed E-state index contributed by atoms with van der Waals surface area (Å²) in [7, 11) is 0. The van der Waals surface area contributed by atoms with Crippen LogP contribution in [0.5, 0.6) is 0 Å². The molecule has 0 spiro atoms. The van der Waals surface area contributed by atoms with Gasteiger partial charge in [0.2, 0.25) is 5.91 Å². The van der Waals surface area contributed by atoms with Crippen LogP contribution in [-0.4, -0.2) is 67.7 Å². The van der Waals surface area contributed by atoms with Gasteiger partial charge in [-0.2, -0.15) is 0 Å². The van der Waals surface area contributed by atoms with Crippen molar-refractivity contribution >= 4 is 30.7 Å². The molecule has 1 heterocycles. The minimum atomic E-state index is 0. The van der Waals surface area contributed by atoms with E-state index in [-0.39, 0.29) is 30.7 Å². The summed E-state index contributed by atoms with van der Waals surface area (Å²) in [4.78, 5) is 16.5. The average Bonchev–Trinajstić information content (AvgIpc) is 2.45. The third-order valence-electron chi connectivity index (χ3n) is 3.75. The van der Waals surface area contributed by atoms with Crippen LogP contribution in [0.1, 0.15) is 33.1 Å². The molecule has 5 nitrogen and oxygen atoms in total. The minimum absolute atomic E-state index is 0. The van der Waals surface area contributed by atoms with Gasteiger partial charge in [-0.05, 0) is 26.3 Å². The lowest BCUT2D eigenvalue weighted by Gasteiger charge is -2.41. The number of nitrogens with two attached hydrogens (primary N) is 1. The number of carbonyl (C=O) groups excluding carboxylic acids is 1. The SMILES string of the molecule is CCOCCN1CCN(C(=O)CCCN)CC1CC.Cl.Cl. The van der Waals surface area contributed by atoms with Gasteiger partial charge in [0.15, 0.2) is 0 Å². The minimum Gasteiger partial charge on any atom is -0.380 e. The number of hydrogen-bond donors (Lipinski definition) is 1. The third kappa shape index (κ3) is 8.21. The molecule has 1 rings (SSSR count). The summed E-state index contributed by atoms with van der Waals surface area (Å²) in [5.74, 6) is 0.258. The molecule has 1 saturated heterocycles. The van der Waals surface area contributed by atoms with Crippen molar-refractivity contribution in [2.24, 2.45) is 5.73 Å². The van der Waals surface area contributed by atoms with Crippen LogP contribution in [0.4, 0.5) is 0 Å². The van der Waals surface area contributed by atoms with Gasteiger partial charge in [0.05, 0.1) is 6.61 Å². The second-order valence-electron chi connectivity index (χ2n) is 5.03. The monoisotopic (exact) mass is 343 g/mol. The fraction of sp³-hybridized carbons (Fsp3) is 0.929. The summed E-state index contributed by atoms with van der Waals surface area (Å²) < 4.78 is 5.42. The highest BCUT2D eigenvalue weighted by molar-refractivity contribution is 5.85. The van der Waals surface area contributed by atoms with Crippen molar-refractivity contribution in [3.8, 4) is 0 Å². The van der Waals surface area contributed by atoms with Crippen molar-refractivity contribution in [2.75, 3.05) is 45.9 Å². The Hall–Kier alpha value is -0.0700. The van der Waals surface area contributed by atoms with E-state index in [4.69, 9.17) is 10.5 Å². The van der Waals surface area contributed by atoms with Crippen LogP contribution >= 0.6 is 24.8 Å². The number of hydrogen-bond acceptors (Lipinski definition) is 4. The summed E-state index contributed by atoms with van der Waals surface area (Å²) in [6.07, 6.45) is 2.46. The fourth-order valence-corrected chi connectivity index (χ4v) is 2.54. The van der Waals surface area contributed by atoms with Crippen LogP contribution in [0.15, 0.2) is 0 Å². The summed E-state index contributed by atoms with van der Waals surface area (Å²) in [6, 6.07) is 0.469. The molecule has 1 aliphatic heterocycles. The van der Waals surface area contributed by atoms with Gasteiger partial charge in [-0.15, -0.1) is 24.8 Å². The van der Waals surface area contributed by atoms with Crippen molar-refractivity contribution in [2.45, 2.75) is 39.2 Å². The van der Waals surface area contributed by atoms with Gasteiger partial charge in [-0.3, -0.25) is 9.69 Å². The van der Waals surface area contributed by atoms with Crippen molar-refractivity contribution < 1.29 is 9.53 Å². The second-order valence-corrected chi connectivity index (χ2v) is 5.03. The number of carbonyl (C=O) groups is 1. The molecule has 0 aliphatic carbocycles. The lowest BCUT2D eigenvalue weighted by Crippen LogP contribution is -2.55. The number of ether oxygens (including phenoxy) is 1. The zero-order valence-corrected chi connectivity index (χ0v) is 14.9. The fourth-order valence-electron chi connectivity index (χ4n) is 2.54. The molecule has 1 unspecified atom stereocenters. The van der Waals surface area contributed by atoms with E-state index >= 15 is 0 Å². The van der Waals surface area contributed by atoms with Crippen LogP contribution in [-0.2, 0) is 9.53 Å². The maximum atomic E-state index is 12.0. The van der Waals surface area contributed by atoms with E-state index in [1.165, 1.54) is 0 Å². The number of rotatable bonds is 8. The van der Waals surface area contributed by atoms with Crippen LogP contribution in [0.3, 0.4) is 0 Å². The molecule has 0 radical (unpaired) electrons. The largest absolute Gasteiger partial charge is 0.380 e. The summed E-state index contributed by atoms with van der Waals surface area (Å²) in [5.41, 5.74) is 5.46. The zero-order valence-electron chi connectivity index (χ0n) is 13.3. The average molecular weight is 344 g/mol. The Morgan fingerprint density at radius 2 is 2.00 bits per heavy atom. The highest BCUT2D eigenvalue weighted by Crippen LogP contribution is 2.14. The van der Waals surface area contributed by atoms with E-state index in [2.05, 4.69) is 11.8 Å². The van der Waals surface area contributed by atoms with Crippen molar-refractivity contribution in [1.82, 2.24) is 9.80 Å². The molecule has 0 aromatic carbocycles. The predicted molar refractivity (Wildman–Crippen MR) is 91.5 cm³/mol. The van der Waals surface area contributed by atoms with Crippen LogP contribution < -0.4 is 5.73 Å². The van der Waals surface area contributed by atoms with Gasteiger partial charge >= 0.3 is 0 Å². The molecule has 0 saturated carbocycles. The van der Waals surface area contributed by atoms with Gasteiger partial charge in [-0.1, -0.05) is 6.92 Å². The maximum absolute atomic E-state index is 12.0. The van der Waals surface area contributed by atoms with E-state index in [1.54, 1.807) is 0 Å². The van der Waals surface area contributed by atoms with Crippen LogP contribution in [0.25, 0.3) is 0 Å². The first-order chi connectivity index (χ1) is 9.22. The highest BCUT2D eigenvalue weighted by atomic mass is 35.5. The first-order valence-corrected chi connectivity index (χ1v) is 7.52. The first kappa shape index (κ1) is 23.2. The van der Waals surface area contributed by atoms with Gasteiger partial charge in [0, 0.05) is 45.2 Å². The lowest BCUT2D eigenvalue weighted by molar-refractivity contribution is -0.134. The Kier molecular flexibility index (Phi) is 15.0. The molecule has 128 valence electrons. The molecule has 1 amide bonds. The van der Waals surface area contributed by atoms with E-state index in [0.29, 0.717) is 19.0 Å². The van der Waals surface area contributed by atoms with Crippen molar-refractivity contribution in [3.63, 3.8) is 0 Å². The molecule has 7 heteroatoms. The molecule has 1 fully saturated rings. The van der Waals surface area contributed by atoms with Crippen LogP contribution in [0, 0.1) is 0 Å². The second kappa shape index (κ2) is 13.6. The van der Waals surface area contributed by atoms with E-state index in [0.717, 1.165) is 52.2 Å². The topological polar surface area (TPSA) is 58.8 Å². The van der Waals surface area contributed by atoms with Crippen molar-refractivity contribution in [3.05, 3.63) is 0 Å². The quantitative estimate of drug-likeness (QED) is 0.679. The number of piperazine rings is 1. The molecule has 0 aromatic heterocycles. The van der Waals surface area contributed by atoms with Gasteiger partial charge < -0.3 is 15.4 Å². The molecule has 1 atom stereocenters. The molecule has 21 heavy (non-hydrogen) atoms. The molecule has 0 aromatic rings. The Labute approximate surface area is 141 Å². The predicted octanol–water partition coefficient (Wildman–Crippen LogP) is 1.53. The zero-order chi connectivity index (χ0) is 14.1. The van der Waals surface area contributed by atoms with Gasteiger partial charge in [0.25, 0.3) is 0 Å². The standard InChI is InChI=1S/C14H29N3O2.2ClH/c1-3-13-12-17(14(18)6-5-7-15)9-8-16(13)10-11-19-4-2;;/h13H,3-12,15H2,1-2H3;2*1H. The Bertz CT molecular complexity index is 271. The molecule has 0 bridgehead atoms. The maximum Gasteiger partial charge on any atom is 0.222 e. The van der Waals surface area contributed by atoms with Crippen molar-refractivity contribution in [1.29, 1.82) is 0 Å². The van der Waals surface area contributed by atoms with Gasteiger partial charge in [0.1, 0.15) is 0 Å². The summed E-state index contributed by atoms with van der Waals surface area (Å²) in [6.45, 7) is 9.98. The van der Waals surface area contributed by atoms with E-state index in [1.807, 2.05) is 11.8 Å². The van der Waals surface area contributed by atoms with E-state index < -0.39 is 0 Å². The van der Waals surface area contributed by atoms with E-state index in [9.17, 15) is 4.79 Å². The Balaban J connectivity index is 0. The molecular formula is C14H31Cl2N3O2. The summed E-state index contributed by atoms with van der Waals surface area (Å²) >= 11 is 0. The Morgan fingerprint density at radius 1 is 1.29 bits per heavy atom. The molecule has 1 aliphatic rings. The van der Waals surface area contributed by atoms with Gasteiger partial charge in [-0.25, -0.2) is 0 Å². The first-order valence-electron chi connectivity index (χ1n) is 7.52.